The molecular formula is C10H13N3O. The fourth-order valence-corrected chi connectivity index (χ4v) is 0.912. The van der Waals surface area contributed by atoms with Crippen molar-refractivity contribution >= 4 is 5.82 Å². The molecule has 0 bridgehead atoms. The van der Waals surface area contributed by atoms with Gasteiger partial charge in [0.15, 0.2) is 0 Å². The minimum absolute atomic E-state index is 0.364. The molecular weight excluding hydrogens is 178 g/mol. The summed E-state index contributed by atoms with van der Waals surface area (Å²) in [5, 5.41) is 8.76. The molecule has 0 spiro atoms. The van der Waals surface area contributed by atoms with Gasteiger partial charge in [-0.2, -0.15) is 5.26 Å². The third kappa shape index (κ3) is 2.63. The maximum absolute atomic E-state index is 8.76. The van der Waals surface area contributed by atoms with E-state index in [1.165, 1.54) is 6.20 Å². The van der Waals surface area contributed by atoms with Gasteiger partial charge in [-0.25, -0.2) is 4.98 Å². The summed E-state index contributed by atoms with van der Waals surface area (Å²) < 4.78 is 5.43. The van der Waals surface area contributed by atoms with Gasteiger partial charge in [-0.15, -0.1) is 0 Å². The van der Waals surface area contributed by atoms with E-state index >= 15 is 0 Å². The summed E-state index contributed by atoms with van der Waals surface area (Å²) in [6.07, 6.45) is 1.42. The Morgan fingerprint density at radius 3 is 2.93 bits per heavy atom. The van der Waals surface area contributed by atoms with Crippen LogP contribution < -0.4 is 10.5 Å². The fraction of sp³-hybridized carbons (Fsp3) is 0.400. The topological polar surface area (TPSA) is 71.9 Å². The summed E-state index contributed by atoms with van der Waals surface area (Å²) in [6.45, 7) is 4.64. The Morgan fingerprint density at radius 1 is 1.64 bits per heavy atom. The number of nitrogens with two attached hydrogens (primary N) is 1. The molecule has 0 aliphatic carbocycles. The molecule has 4 nitrogen and oxygen atoms in total. The minimum atomic E-state index is 0.364. The maximum Gasteiger partial charge on any atom is 0.142 e. The van der Waals surface area contributed by atoms with Crippen LogP contribution in [-0.2, 0) is 0 Å². The molecule has 1 aromatic heterocycles. The Bertz CT molecular complexity index is 355. The Labute approximate surface area is 83.3 Å². The average Bonchev–Trinajstić information content (AvgIpc) is 2.15. The van der Waals surface area contributed by atoms with Crippen LogP contribution in [-0.4, -0.2) is 11.6 Å². The van der Waals surface area contributed by atoms with Crippen molar-refractivity contribution in [2.24, 2.45) is 5.92 Å². The van der Waals surface area contributed by atoms with Crippen molar-refractivity contribution < 1.29 is 4.74 Å². The lowest BCUT2D eigenvalue weighted by Crippen LogP contribution is -2.06. The number of nitriles is 1. The van der Waals surface area contributed by atoms with Crippen molar-refractivity contribution in [1.29, 1.82) is 5.26 Å². The van der Waals surface area contributed by atoms with Crippen LogP contribution in [0.15, 0.2) is 12.3 Å². The van der Waals surface area contributed by atoms with Gasteiger partial charge in [-0.3, -0.25) is 0 Å². The molecule has 1 aromatic rings. The second-order valence-electron chi connectivity index (χ2n) is 3.42. The van der Waals surface area contributed by atoms with Crippen LogP contribution in [0.5, 0.6) is 5.75 Å². The van der Waals surface area contributed by atoms with E-state index in [1.807, 2.05) is 19.9 Å². The number of rotatable bonds is 3. The third-order valence-corrected chi connectivity index (χ3v) is 1.58. The average molecular weight is 191 g/mol. The molecule has 1 heterocycles. The number of pyridine rings is 1. The van der Waals surface area contributed by atoms with Gasteiger partial charge in [0.25, 0.3) is 0 Å². The first kappa shape index (κ1) is 10.3. The highest BCUT2D eigenvalue weighted by molar-refractivity contribution is 5.47. The number of nitrogens with zero attached hydrogens (tertiary/aromatic N) is 2. The highest BCUT2D eigenvalue weighted by atomic mass is 16.5. The molecule has 0 amide bonds. The van der Waals surface area contributed by atoms with E-state index in [-0.39, 0.29) is 0 Å². The lowest BCUT2D eigenvalue weighted by molar-refractivity contribution is 0.270. The third-order valence-electron chi connectivity index (χ3n) is 1.58. The first-order valence-corrected chi connectivity index (χ1v) is 4.42. The molecule has 0 radical (unpaired) electrons. The van der Waals surface area contributed by atoms with Gasteiger partial charge in [-0.05, 0) is 5.92 Å². The summed E-state index contributed by atoms with van der Waals surface area (Å²) >= 11 is 0. The van der Waals surface area contributed by atoms with Gasteiger partial charge in [0, 0.05) is 6.07 Å². The van der Waals surface area contributed by atoms with E-state index in [9.17, 15) is 0 Å². The lowest BCUT2D eigenvalue weighted by atomic mass is 10.2. The molecule has 0 aliphatic heterocycles. The molecule has 0 aliphatic rings. The van der Waals surface area contributed by atoms with Crippen molar-refractivity contribution in [2.45, 2.75) is 13.8 Å². The Balaban J connectivity index is 2.84. The van der Waals surface area contributed by atoms with Crippen molar-refractivity contribution in [3.63, 3.8) is 0 Å². The summed E-state index contributed by atoms with van der Waals surface area (Å²) in [6, 6.07) is 3.57. The highest BCUT2D eigenvalue weighted by Crippen LogP contribution is 2.19. The zero-order valence-corrected chi connectivity index (χ0v) is 8.32. The SMILES string of the molecule is CC(C)COc1cc(N)ncc1C#N. The largest absolute Gasteiger partial charge is 0.492 e. The number of nitrogen functional groups attached to an aromatic ring is 1. The second-order valence-corrected chi connectivity index (χ2v) is 3.42. The van der Waals surface area contributed by atoms with E-state index in [1.54, 1.807) is 6.07 Å². The van der Waals surface area contributed by atoms with Gasteiger partial charge in [-0.1, -0.05) is 13.8 Å². The van der Waals surface area contributed by atoms with Gasteiger partial charge in [0.2, 0.25) is 0 Å². The molecule has 0 aromatic carbocycles. The minimum Gasteiger partial charge on any atom is -0.492 e. The summed E-state index contributed by atoms with van der Waals surface area (Å²) in [4.78, 5) is 3.81. The smallest absolute Gasteiger partial charge is 0.142 e. The van der Waals surface area contributed by atoms with E-state index < -0.39 is 0 Å². The Kier molecular flexibility index (Phi) is 3.29. The van der Waals surface area contributed by atoms with Crippen molar-refractivity contribution in [2.75, 3.05) is 12.3 Å². The molecule has 0 atom stereocenters. The molecule has 1 rings (SSSR count). The quantitative estimate of drug-likeness (QED) is 0.787. The normalized spacial score (nSPS) is 9.86. The Morgan fingerprint density at radius 2 is 2.36 bits per heavy atom. The van der Waals surface area contributed by atoms with E-state index in [0.29, 0.717) is 29.7 Å². The predicted molar refractivity (Wildman–Crippen MR) is 53.7 cm³/mol. The molecule has 2 N–H and O–H groups in total. The number of hydrogen-bond donors (Lipinski definition) is 1. The van der Waals surface area contributed by atoms with Crippen LogP contribution in [0.3, 0.4) is 0 Å². The van der Waals surface area contributed by atoms with Gasteiger partial charge in [0.05, 0.1) is 12.8 Å². The van der Waals surface area contributed by atoms with Crippen LogP contribution in [0, 0.1) is 17.2 Å². The zero-order chi connectivity index (χ0) is 10.6. The second kappa shape index (κ2) is 4.47. The van der Waals surface area contributed by atoms with Crippen molar-refractivity contribution in [3.8, 4) is 11.8 Å². The van der Waals surface area contributed by atoms with Crippen LogP contribution in [0.2, 0.25) is 0 Å². The molecule has 0 saturated heterocycles. The number of anilines is 1. The summed E-state index contributed by atoms with van der Waals surface area (Å²) in [7, 11) is 0. The number of aromatic nitrogens is 1. The van der Waals surface area contributed by atoms with Crippen LogP contribution in [0.4, 0.5) is 5.82 Å². The van der Waals surface area contributed by atoms with E-state index in [0.717, 1.165) is 0 Å². The maximum atomic E-state index is 8.76. The first-order chi connectivity index (χ1) is 6.63. The van der Waals surface area contributed by atoms with Crippen LogP contribution >= 0.6 is 0 Å². The Hall–Kier alpha value is -1.76. The molecule has 4 heteroatoms. The van der Waals surface area contributed by atoms with Crippen molar-refractivity contribution in [1.82, 2.24) is 4.98 Å². The molecule has 0 saturated carbocycles. The van der Waals surface area contributed by atoms with Crippen LogP contribution in [0.25, 0.3) is 0 Å². The fourth-order valence-electron chi connectivity index (χ4n) is 0.912. The molecule has 0 unspecified atom stereocenters. The van der Waals surface area contributed by atoms with Gasteiger partial charge >= 0.3 is 0 Å². The van der Waals surface area contributed by atoms with E-state index in [4.69, 9.17) is 15.7 Å². The predicted octanol–water partition coefficient (Wildman–Crippen LogP) is 1.57. The highest BCUT2D eigenvalue weighted by Gasteiger charge is 2.05. The standard InChI is InChI=1S/C10H13N3O/c1-7(2)6-14-9-3-10(12)13-5-8(9)4-11/h3,5,7H,6H2,1-2H3,(H2,12,13). The van der Waals surface area contributed by atoms with Crippen LogP contribution in [0.1, 0.15) is 19.4 Å². The molecule has 0 fully saturated rings. The number of ether oxygens (including phenoxy) is 1. The van der Waals surface area contributed by atoms with E-state index in [2.05, 4.69) is 4.98 Å². The monoisotopic (exact) mass is 191 g/mol. The van der Waals surface area contributed by atoms with Gasteiger partial charge < -0.3 is 10.5 Å². The lowest BCUT2D eigenvalue weighted by Gasteiger charge is -2.09. The summed E-state index contributed by atoms with van der Waals surface area (Å²) in [5.41, 5.74) is 5.90. The first-order valence-electron chi connectivity index (χ1n) is 4.42. The molecule has 14 heavy (non-hydrogen) atoms. The summed E-state index contributed by atoms with van der Waals surface area (Å²) in [5.74, 6) is 1.28. The zero-order valence-electron chi connectivity index (χ0n) is 8.32. The van der Waals surface area contributed by atoms with Gasteiger partial charge in [0.1, 0.15) is 23.2 Å². The number of hydrogen-bond acceptors (Lipinski definition) is 4. The van der Waals surface area contributed by atoms with Crippen molar-refractivity contribution in [3.05, 3.63) is 17.8 Å². The molecule has 74 valence electrons.